The number of carbonyl (C=O) groups excluding carboxylic acids is 2. The molecule has 1 heterocycles. The molecule has 0 atom stereocenters. The Bertz CT molecular complexity index is 768. The third-order valence-electron chi connectivity index (χ3n) is 3.06. The number of nitrogens with one attached hydrogen (secondary N) is 2. The van der Waals surface area contributed by atoms with Gasteiger partial charge in [-0.05, 0) is 36.2 Å². The van der Waals surface area contributed by atoms with Gasteiger partial charge in [-0.2, -0.15) is 5.10 Å². The smallest absolute Gasteiger partial charge is 0.329 e. The summed E-state index contributed by atoms with van der Waals surface area (Å²) < 4.78 is 10.5. The van der Waals surface area contributed by atoms with E-state index in [9.17, 15) is 9.59 Å². The van der Waals surface area contributed by atoms with Crippen LogP contribution in [0.15, 0.2) is 40.0 Å². The number of halogens is 2. The minimum absolute atomic E-state index is 0.105. The molecule has 0 unspecified atom stereocenters. The molecule has 0 aliphatic heterocycles. The third kappa shape index (κ3) is 5.79. The number of nitrogens with zero attached hydrogens (tertiary/aromatic N) is 1. The summed E-state index contributed by atoms with van der Waals surface area (Å²) in [4.78, 5) is 23.3. The van der Waals surface area contributed by atoms with E-state index in [1.807, 2.05) is 6.92 Å². The SMILES string of the molecule is CCCOc1c(Cl)cc(/C=N\NC(=O)C(=O)NCc2ccco2)cc1Cl. The second-order valence-corrected chi connectivity index (χ2v) is 5.94. The average molecular weight is 398 g/mol. The number of furan rings is 1. The van der Waals surface area contributed by atoms with Gasteiger partial charge in [-0.3, -0.25) is 9.59 Å². The minimum Gasteiger partial charge on any atom is -0.490 e. The van der Waals surface area contributed by atoms with Crippen LogP contribution in [-0.2, 0) is 16.1 Å². The number of hydrogen-bond acceptors (Lipinski definition) is 5. The maximum atomic E-state index is 11.7. The zero-order valence-corrected chi connectivity index (χ0v) is 15.4. The molecule has 2 rings (SSSR count). The summed E-state index contributed by atoms with van der Waals surface area (Å²) in [6.07, 6.45) is 3.61. The van der Waals surface area contributed by atoms with Gasteiger partial charge in [0, 0.05) is 0 Å². The first-order valence-electron chi connectivity index (χ1n) is 7.76. The first-order valence-corrected chi connectivity index (χ1v) is 8.52. The van der Waals surface area contributed by atoms with E-state index in [0.29, 0.717) is 33.7 Å². The van der Waals surface area contributed by atoms with E-state index in [4.69, 9.17) is 32.4 Å². The molecule has 1 aromatic heterocycles. The highest BCUT2D eigenvalue weighted by atomic mass is 35.5. The van der Waals surface area contributed by atoms with E-state index in [2.05, 4.69) is 15.8 Å². The maximum Gasteiger partial charge on any atom is 0.329 e. The molecule has 0 spiro atoms. The summed E-state index contributed by atoms with van der Waals surface area (Å²) in [6.45, 7) is 2.57. The first-order chi connectivity index (χ1) is 12.5. The fourth-order valence-electron chi connectivity index (χ4n) is 1.87. The molecule has 0 saturated carbocycles. The van der Waals surface area contributed by atoms with Crippen molar-refractivity contribution in [3.05, 3.63) is 51.9 Å². The van der Waals surface area contributed by atoms with Crippen molar-refractivity contribution < 1.29 is 18.7 Å². The number of carbonyl (C=O) groups is 2. The molecule has 7 nitrogen and oxygen atoms in total. The average Bonchev–Trinajstić information content (AvgIpc) is 3.12. The van der Waals surface area contributed by atoms with Crippen molar-refractivity contribution in [3.63, 3.8) is 0 Å². The summed E-state index contributed by atoms with van der Waals surface area (Å²) >= 11 is 12.2. The molecular weight excluding hydrogens is 381 g/mol. The lowest BCUT2D eigenvalue weighted by Crippen LogP contribution is -2.37. The number of amides is 2. The summed E-state index contributed by atoms with van der Waals surface area (Å²) in [5.41, 5.74) is 2.66. The zero-order chi connectivity index (χ0) is 18.9. The Kier molecular flexibility index (Phi) is 7.50. The number of hydrazone groups is 1. The number of ether oxygens (including phenoxy) is 1. The monoisotopic (exact) mass is 397 g/mol. The fourth-order valence-corrected chi connectivity index (χ4v) is 2.49. The summed E-state index contributed by atoms with van der Waals surface area (Å²) in [6, 6.07) is 6.54. The van der Waals surface area contributed by atoms with Crippen LogP contribution < -0.4 is 15.5 Å². The van der Waals surface area contributed by atoms with E-state index in [1.165, 1.54) is 12.5 Å². The number of rotatable bonds is 7. The Labute approximate surface area is 160 Å². The maximum absolute atomic E-state index is 11.7. The number of benzene rings is 1. The van der Waals surface area contributed by atoms with Crippen molar-refractivity contribution in [2.45, 2.75) is 19.9 Å². The molecule has 0 aliphatic carbocycles. The van der Waals surface area contributed by atoms with Gasteiger partial charge in [-0.1, -0.05) is 30.1 Å². The van der Waals surface area contributed by atoms with Crippen molar-refractivity contribution in [1.82, 2.24) is 10.7 Å². The Balaban J connectivity index is 1.88. The molecule has 0 saturated heterocycles. The predicted molar refractivity (Wildman–Crippen MR) is 98.5 cm³/mol. The molecule has 1 aromatic carbocycles. The van der Waals surface area contributed by atoms with Crippen LogP contribution in [-0.4, -0.2) is 24.6 Å². The van der Waals surface area contributed by atoms with E-state index >= 15 is 0 Å². The van der Waals surface area contributed by atoms with Crippen LogP contribution in [0.5, 0.6) is 5.75 Å². The molecule has 0 bridgehead atoms. The standard InChI is InChI=1S/C17H17Cl2N3O4/c1-2-5-26-15-13(18)7-11(8-14(15)19)9-21-22-17(24)16(23)20-10-12-4-3-6-25-12/h3-4,6-9H,2,5,10H2,1H3,(H,20,23)(H,22,24)/b21-9-. The van der Waals surface area contributed by atoms with E-state index in [-0.39, 0.29) is 6.54 Å². The molecule has 2 N–H and O–H groups in total. The van der Waals surface area contributed by atoms with Gasteiger partial charge in [-0.15, -0.1) is 0 Å². The molecule has 0 fully saturated rings. The van der Waals surface area contributed by atoms with Crippen LogP contribution in [0.3, 0.4) is 0 Å². The minimum atomic E-state index is -0.909. The van der Waals surface area contributed by atoms with Crippen molar-refractivity contribution >= 4 is 41.2 Å². The molecule has 0 aliphatic rings. The lowest BCUT2D eigenvalue weighted by molar-refractivity contribution is -0.139. The Morgan fingerprint density at radius 1 is 1.27 bits per heavy atom. The lowest BCUT2D eigenvalue weighted by Gasteiger charge is -2.09. The van der Waals surface area contributed by atoms with E-state index in [1.54, 1.807) is 24.3 Å². The highest BCUT2D eigenvalue weighted by molar-refractivity contribution is 6.37. The third-order valence-corrected chi connectivity index (χ3v) is 3.62. The van der Waals surface area contributed by atoms with Crippen LogP contribution in [0.1, 0.15) is 24.7 Å². The van der Waals surface area contributed by atoms with Crippen molar-refractivity contribution in [2.75, 3.05) is 6.61 Å². The van der Waals surface area contributed by atoms with Crippen LogP contribution >= 0.6 is 23.2 Å². The van der Waals surface area contributed by atoms with Crippen molar-refractivity contribution in [2.24, 2.45) is 5.10 Å². The molecule has 138 valence electrons. The van der Waals surface area contributed by atoms with Gasteiger partial charge in [-0.25, -0.2) is 5.43 Å². The summed E-state index contributed by atoms with van der Waals surface area (Å²) in [7, 11) is 0. The van der Waals surface area contributed by atoms with Crippen LogP contribution in [0, 0.1) is 0 Å². The molecule has 0 radical (unpaired) electrons. The zero-order valence-electron chi connectivity index (χ0n) is 13.9. The highest BCUT2D eigenvalue weighted by Gasteiger charge is 2.13. The fraction of sp³-hybridized carbons (Fsp3) is 0.235. The Morgan fingerprint density at radius 2 is 2.00 bits per heavy atom. The highest BCUT2D eigenvalue weighted by Crippen LogP contribution is 2.33. The Morgan fingerprint density at radius 3 is 2.62 bits per heavy atom. The largest absolute Gasteiger partial charge is 0.490 e. The van der Waals surface area contributed by atoms with Gasteiger partial charge >= 0.3 is 11.8 Å². The Hall–Kier alpha value is -2.51. The van der Waals surface area contributed by atoms with Crippen LogP contribution in [0.25, 0.3) is 0 Å². The topological polar surface area (TPSA) is 92.9 Å². The molecule has 26 heavy (non-hydrogen) atoms. The predicted octanol–water partition coefficient (Wildman–Crippen LogP) is 3.14. The van der Waals surface area contributed by atoms with Gasteiger partial charge in [0.1, 0.15) is 5.76 Å². The van der Waals surface area contributed by atoms with Crippen LogP contribution in [0.4, 0.5) is 0 Å². The second kappa shape index (κ2) is 9.84. The molecule has 2 aromatic rings. The first kappa shape index (κ1) is 19.8. The summed E-state index contributed by atoms with van der Waals surface area (Å²) in [5, 5.41) is 6.77. The molecular formula is C17H17Cl2N3O4. The quantitative estimate of drug-likeness (QED) is 0.426. The van der Waals surface area contributed by atoms with E-state index in [0.717, 1.165) is 6.42 Å². The molecule has 9 heteroatoms. The van der Waals surface area contributed by atoms with Gasteiger partial charge in [0.25, 0.3) is 0 Å². The van der Waals surface area contributed by atoms with Gasteiger partial charge < -0.3 is 14.5 Å². The van der Waals surface area contributed by atoms with E-state index < -0.39 is 11.8 Å². The molecule has 2 amide bonds. The van der Waals surface area contributed by atoms with Gasteiger partial charge in [0.2, 0.25) is 0 Å². The normalized spacial score (nSPS) is 10.7. The lowest BCUT2D eigenvalue weighted by atomic mass is 10.2. The van der Waals surface area contributed by atoms with Crippen molar-refractivity contribution in [3.8, 4) is 5.75 Å². The van der Waals surface area contributed by atoms with Crippen LogP contribution in [0.2, 0.25) is 10.0 Å². The second-order valence-electron chi connectivity index (χ2n) is 5.12. The summed E-state index contributed by atoms with van der Waals surface area (Å²) in [5.74, 6) is -0.816. The number of hydrogen-bond donors (Lipinski definition) is 2. The van der Waals surface area contributed by atoms with Gasteiger partial charge in [0.05, 0.1) is 35.7 Å². The van der Waals surface area contributed by atoms with Crippen molar-refractivity contribution in [1.29, 1.82) is 0 Å². The van der Waals surface area contributed by atoms with Gasteiger partial charge in [0.15, 0.2) is 5.75 Å².